The van der Waals surface area contributed by atoms with Gasteiger partial charge in [0, 0.05) is 28.8 Å². The number of rotatable bonds is 6. The van der Waals surface area contributed by atoms with Crippen LogP contribution in [0.4, 0.5) is 10.5 Å². The van der Waals surface area contributed by atoms with Gasteiger partial charge in [-0.25, -0.2) is 9.78 Å². The number of carbonyl (C=O) groups is 1. The molecule has 0 fully saturated rings. The summed E-state index contributed by atoms with van der Waals surface area (Å²) in [4.78, 5) is 19.0. The third kappa shape index (κ3) is 4.33. The molecule has 2 amide bonds. The topological polar surface area (TPSA) is 72.5 Å². The fourth-order valence-corrected chi connectivity index (χ4v) is 4.11. The summed E-state index contributed by atoms with van der Waals surface area (Å²) >= 11 is 3.25. The van der Waals surface area contributed by atoms with Crippen LogP contribution in [0.2, 0.25) is 0 Å². The third-order valence-corrected chi connectivity index (χ3v) is 5.84. The zero-order valence-electron chi connectivity index (χ0n) is 14.7. The van der Waals surface area contributed by atoms with Gasteiger partial charge in [-0.05, 0) is 18.4 Å². The summed E-state index contributed by atoms with van der Waals surface area (Å²) in [5.41, 5.74) is 1.53. The zero-order valence-corrected chi connectivity index (χ0v) is 16.3. The van der Waals surface area contributed by atoms with Gasteiger partial charge in [0.05, 0.1) is 31.3 Å². The molecule has 6 nitrogen and oxygen atoms in total. The molecule has 2 N–H and O–H groups in total. The zero-order chi connectivity index (χ0) is 18.5. The number of benzene rings is 1. The molecule has 0 aliphatic heterocycles. The summed E-state index contributed by atoms with van der Waals surface area (Å²) < 4.78 is 10.4. The van der Waals surface area contributed by atoms with Crippen molar-refractivity contribution in [3.63, 3.8) is 0 Å². The fourth-order valence-electron chi connectivity index (χ4n) is 2.31. The first-order valence-electron chi connectivity index (χ1n) is 7.87. The Kier molecular flexibility index (Phi) is 5.75. The first-order chi connectivity index (χ1) is 12.6. The molecule has 0 spiro atoms. The maximum absolute atomic E-state index is 12.2. The van der Waals surface area contributed by atoms with Crippen LogP contribution in [0.3, 0.4) is 0 Å². The number of aromatic nitrogens is 1. The molecular weight excluding hydrogens is 370 g/mol. The molecule has 0 atom stereocenters. The van der Waals surface area contributed by atoms with Crippen molar-refractivity contribution < 1.29 is 14.3 Å². The molecule has 0 aliphatic carbocycles. The second-order valence-corrected chi connectivity index (χ2v) is 7.45. The highest BCUT2D eigenvalue weighted by atomic mass is 32.1. The van der Waals surface area contributed by atoms with Gasteiger partial charge in [-0.15, -0.1) is 22.7 Å². The average Bonchev–Trinajstić information content (AvgIpc) is 3.29. The van der Waals surface area contributed by atoms with Gasteiger partial charge < -0.3 is 20.1 Å². The van der Waals surface area contributed by atoms with Gasteiger partial charge in [0.1, 0.15) is 16.5 Å². The molecule has 0 radical (unpaired) electrons. The summed E-state index contributed by atoms with van der Waals surface area (Å²) in [7, 11) is 3.13. The SMILES string of the molecule is COc1cc(NC(=O)NCc2sc(-c3cccs3)nc2C)cc(OC)c1. The second kappa shape index (κ2) is 8.20. The van der Waals surface area contributed by atoms with Crippen LogP contribution in [-0.2, 0) is 6.54 Å². The number of ether oxygens (including phenoxy) is 2. The predicted molar refractivity (Wildman–Crippen MR) is 106 cm³/mol. The number of hydrogen-bond donors (Lipinski definition) is 2. The number of urea groups is 1. The molecule has 2 aromatic heterocycles. The number of amides is 2. The van der Waals surface area contributed by atoms with E-state index >= 15 is 0 Å². The van der Waals surface area contributed by atoms with Crippen molar-refractivity contribution >= 4 is 34.4 Å². The quantitative estimate of drug-likeness (QED) is 0.650. The molecule has 0 aliphatic rings. The number of carbonyl (C=O) groups excluding carboxylic acids is 1. The lowest BCUT2D eigenvalue weighted by Gasteiger charge is -2.10. The first-order valence-corrected chi connectivity index (χ1v) is 9.56. The Labute approximate surface area is 159 Å². The van der Waals surface area contributed by atoms with Crippen molar-refractivity contribution in [3.05, 3.63) is 46.3 Å². The van der Waals surface area contributed by atoms with Crippen molar-refractivity contribution in [3.8, 4) is 21.4 Å². The molecule has 0 saturated carbocycles. The van der Waals surface area contributed by atoms with Crippen molar-refractivity contribution in [2.75, 3.05) is 19.5 Å². The normalized spacial score (nSPS) is 10.4. The number of anilines is 1. The Morgan fingerprint density at radius 1 is 1.19 bits per heavy atom. The van der Waals surface area contributed by atoms with Crippen LogP contribution in [0.15, 0.2) is 35.7 Å². The van der Waals surface area contributed by atoms with E-state index in [4.69, 9.17) is 9.47 Å². The number of thiophene rings is 1. The van der Waals surface area contributed by atoms with E-state index in [9.17, 15) is 4.79 Å². The van der Waals surface area contributed by atoms with E-state index in [1.165, 1.54) is 0 Å². The number of methoxy groups -OCH3 is 2. The highest BCUT2D eigenvalue weighted by Crippen LogP contribution is 2.31. The minimum atomic E-state index is -0.300. The van der Waals surface area contributed by atoms with Gasteiger partial charge in [0.2, 0.25) is 0 Å². The number of nitrogens with one attached hydrogen (secondary N) is 2. The summed E-state index contributed by atoms with van der Waals surface area (Å²) in [6.07, 6.45) is 0. The van der Waals surface area contributed by atoms with E-state index in [2.05, 4.69) is 15.6 Å². The third-order valence-electron chi connectivity index (χ3n) is 3.64. The number of hydrogen-bond acceptors (Lipinski definition) is 6. The Morgan fingerprint density at radius 3 is 2.54 bits per heavy atom. The molecule has 3 rings (SSSR count). The smallest absolute Gasteiger partial charge is 0.319 e. The van der Waals surface area contributed by atoms with E-state index in [-0.39, 0.29) is 6.03 Å². The van der Waals surface area contributed by atoms with Gasteiger partial charge in [0.25, 0.3) is 0 Å². The Morgan fingerprint density at radius 2 is 1.92 bits per heavy atom. The van der Waals surface area contributed by atoms with Gasteiger partial charge >= 0.3 is 6.03 Å². The maximum atomic E-state index is 12.2. The van der Waals surface area contributed by atoms with E-state index in [0.717, 1.165) is 20.5 Å². The van der Waals surface area contributed by atoms with Crippen LogP contribution in [0.1, 0.15) is 10.6 Å². The fraction of sp³-hybridized carbons (Fsp3) is 0.222. The van der Waals surface area contributed by atoms with E-state index in [0.29, 0.717) is 23.7 Å². The predicted octanol–water partition coefficient (Wildman–Crippen LogP) is 4.52. The Hall–Kier alpha value is -2.58. The lowest BCUT2D eigenvalue weighted by atomic mass is 10.3. The summed E-state index contributed by atoms with van der Waals surface area (Å²) in [5.74, 6) is 1.22. The molecule has 3 aromatic rings. The standard InChI is InChI=1S/C18H19N3O3S2/c1-11-16(26-17(20-11)15-5-4-6-25-15)10-19-18(22)21-12-7-13(23-2)9-14(8-12)24-3/h4-9H,10H2,1-3H3,(H2,19,21,22). The summed E-state index contributed by atoms with van der Waals surface area (Å²) in [6.45, 7) is 2.37. The van der Waals surface area contributed by atoms with Crippen molar-refractivity contribution in [1.29, 1.82) is 0 Å². The molecule has 26 heavy (non-hydrogen) atoms. The van der Waals surface area contributed by atoms with Crippen LogP contribution >= 0.6 is 22.7 Å². The van der Waals surface area contributed by atoms with E-state index < -0.39 is 0 Å². The summed E-state index contributed by atoms with van der Waals surface area (Å²) in [6, 6.07) is 8.96. The van der Waals surface area contributed by atoms with Gasteiger partial charge in [-0.2, -0.15) is 0 Å². The van der Waals surface area contributed by atoms with Gasteiger partial charge in [0.15, 0.2) is 0 Å². The first kappa shape index (κ1) is 18.2. The van der Waals surface area contributed by atoms with Crippen LogP contribution in [0.5, 0.6) is 11.5 Å². The molecule has 8 heteroatoms. The monoisotopic (exact) mass is 389 g/mol. The lowest BCUT2D eigenvalue weighted by molar-refractivity contribution is 0.252. The van der Waals surface area contributed by atoms with Gasteiger partial charge in [-0.1, -0.05) is 6.07 Å². The van der Waals surface area contributed by atoms with E-state index in [1.54, 1.807) is 55.1 Å². The maximum Gasteiger partial charge on any atom is 0.319 e. The Bertz CT molecular complexity index is 869. The second-order valence-electron chi connectivity index (χ2n) is 5.41. The molecule has 136 valence electrons. The van der Waals surface area contributed by atoms with Gasteiger partial charge in [-0.3, -0.25) is 0 Å². The summed E-state index contributed by atoms with van der Waals surface area (Å²) in [5, 5.41) is 8.66. The largest absolute Gasteiger partial charge is 0.497 e. The molecule has 0 unspecified atom stereocenters. The minimum absolute atomic E-state index is 0.300. The lowest BCUT2D eigenvalue weighted by Crippen LogP contribution is -2.28. The highest BCUT2D eigenvalue weighted by Gasteiger charge is 2.12. The van der Waals surface area contributed by atoms with E-state index in [1.807, 2.05) is 24.4 Å². The van der Waals surface area contributed by atoms with Crippen LogP contribution in [-0.4, -0.2) is 25.2 Å². The van der Waals surface area contributed by atoms with Crippen molar-refractivity contribution in [2.24, 2.45) is 0 Å². The number of aryl methyl sites for hydroxylation is 1. The van der Waals surface area contributed by atoms with Crippen molar-refractivity contribution in [1.82, 2.24) is 10.3 Å². The van der Waals surface area contributed by atoms with Crippen LogP contribution in [0, 0.1) is 6.92 Å². The highest BCUT2D eigenvalue weighted by molar-refractivity contribution is 7.21. The minimum Gasteiger partial charge on any atom is -0.497 e. The number of nitrogens with zero attached hydrogens (tertiary/aromatic N) is 1. The molecular formula is C18H19N3O3S2. The molecule has 0 bridgehead atoms. The Balaban J connectivity index is 1.63. The van der Waals surface area contributed by atoms with Crippen LogP contribution < -0.4 is 20.1 Å². The van der Waals surface area contributed by atoms with Crippen molar-refractivity contribution in [2.45, 2.75) is 13.5 Å². The molecule has 1 aromatic carbocycles. The average molecular weight is 390 g/mol. The molecule has 0 saturated heterocycles. The molecule has 2 heterocycles. The number of thiazole rings is 1. The van der Waals surface area contributed by atoms with Crippen LogP contribution in [0.25, 0.3) is 9.88 Å².